The second-order valence-electron chi connectivity index (χ2n) is 6.74. The Hall–Kier alpha value is -1.42. The monoisotopic (exact) mass is 306 g/mol. The van der Waals surface area contributed by atoms with E-state index in [0.29, 0.717) is 5.92 Å². The van der Waals surface area contributed by atoms with Crippen LogP contribution in [0, 0.1) is 17.7 Å². The number of hydrogen-bond donors (Lipinski definition) is 1. The number of nitrogens with zero attached hydrogens (tertiary/aromatic N) is 1. The van der Waals surface area contributed by atoms with Crippen molar-refractivity contribution in [2.75, 3.05) is 13.1 Å². The van der Waals surface area contributed by atoms with E-state index in [-0.39, 0.29) is 23.7 Å². The lowest BCUT2D eigenvalue weighted by Gasteiger charge is -2.33. The molecule has 1 fully saturated rings. The van der Waals surface area contributed by atoms with Gasteiger partial charge in [0, 0.05) is 19.1 Å². The van der Waals surface area contributed by atoms with Crippen LogP contribution in [0.15, 0.2) is 24.3 Å². The molecule has 1 N–H and O–H groups in total. The van der Waals surface area contributed by atoms with Gasteiger partial charge < -0.3 is 5.32 Å². The quantitative estimate of drug-likeness (QED) is 0.906. The van der Waals surface area contributed by atoms with Crippen molar-refractivity contribution in [1.29, 1.82) is 0 Å². The fourth-order valence-corrected chi connectivity index (χ4v) is 2.77. The van der Waals surface area contributed by atoms with Crippen LogP contribution < -0.4 is 5.32 Å². The molecule has 0 unspecified atom stereocenters. The minimum Gasteiger partial charge on any atom is -0.353 e. The van der Waals surface area contributed by atoms with E-state index >= 15 is 0 Å². The molecule has 22 heavy (non-hydrogen) atoms. The van der Waals surface area contributed by atoms with Crippen molar-refractivity contribution in [3.8, 4) is 0 Å². The Bertz CT molecular complexity index is 486. The number of benzene rings is 1. The number of nitrogens with one attached hydrogen (secondary N) is 1. The van der Waals surface area contributed by atoms with E-state index in [0.717, 1.165) is 38.0 Å². The van der Waals surface area contributed by atoms with Crippen molar-refractivity contribution in [3.63, 3.8) is 0 Å². The molecule has 0 aliphatic carbocycles. The highest BCUT2D eigenvalue weighted by Crippen LogP contribution is 2.19. The third-order valence-electron chi connectivity index (χ3n) is 4.57. The number of halogens is 1. The lowest BCUT2D eigenvalue weighted by molar-refractivity contribution is -0.127. The van der Waals surface area contributed by atoms with Crippen molar-refractivity contribution in [2.24, 2.45) is 11.8 Å². The maximum absolute atomic E-state index is 13.0. The first-order valence-corrected chi connectivity index (χ1v) is 8.23. The summed E-state index contributed by atoms with van der Waals surface area (Å²) in [5.74, 6) is 0.477. The van der Waals surface area contributed by atoms with Gasteiger partial charge in [0.25, 0.3) is 0 Å². The average molecular weight is 306 g/mol. The normalized spacial score (nSPS) is 20.9. The van der Waals surface area contributed by atoms with Crippen LogP contribution in [0.2, 0.25) is 0 Å². The first kappa shape index (κ1) is 16.9. The number of piperidine rings is 1. The van der Waals surface area contributed by atoms with Crippen LogP contribution in [0.5, 0.6) is 0 Å². The zero-order valence-electron chi connectivity index (χ0n) is 13.8. The van der Waals surface area contributed by atoms with Gasteiger partial charge >= 0.3 is 0 Å². The molecule has 1 heterocycles. The highest BCUT2D eigenvalue weighted by molar-refractivity contribution is 5.79. The van der Waals surface area contributed by atoms with Crippen LogP contribution in [0.4, 0.5) is 4.39 Å². The molecule has 122 valence electrons. The summed E-state index contributed by atoms with van der Waals surface area (Å²) in [5, 5.41) is 3.13. The van der Waals surface area contributed by atoms with E-state index in [2.05, 4.69) is 31.0 Å². The molecule has 2 rings (SSSR count). The van der Waals surface area contributed by atoms with E-state index in [9.17, 15) is 9.18 Å². The lowest BCUT2D eigenvalue weighted by Crippen LogP contribution is -2.46. The van der Waals surface area contributed by atoms with Gasteiger partial charge in [0.05, 0.1) is 5.92 Å². The topological polar surface area (TPSA) is 32.3 Å². The van der Waals surface area contributed by atoms with Crippen molar-refractivity contribution in [2.45, 2.75) is 46.2 Å². The summed E-state index contributed by atoms with van der Waals surface area (Å²) in [4.78, 5) is 14.7. The molecule has 1 saturated heterocycles. The molecule has 0 spiro atoms. The van der Waals surface area contributed by atoms with Gasteiger partial charge in [0.2, 0.25) is 5.91 Å². The molecule has 0 aromatic heterocycles. The van der Waals surface area contributed by atoms with Gasteiger partial charge in [-0.2, -0.15) is 0 Å². The second-order valence-corrected chi connectivity index (χ2v) is 6.74. The maximum Gasteiger partial charge on any atom is 0.224 e. The Labute approximate surface area is 132 Å². The summed E-state index contributed by atoms with van der Waals surface area (Å²) in [6.07, 6.45) is 1.99. The standard InChI is InChI=1S/C18H27FN2O/c1-13(2)14(3)20-18(22)16-5-4-10-21(12-16)11-15-6-8-17(19)9-7-15/h6-9,13-14,16H,4-5,10-12H2,1-3H3,(H,20,22)/t14-,16+/m0/s1. The van der Waals surface area contributed by atoms with Crippen LogP contribution in [0.25, 0.3) is 0 Å². The van der Waals surface area contributed by atoms with E-state index in [4.69, 9.17) is 0 Å². The number of likely N-dealkylation sites (tertiary alicyclic amines) is 1. The molecule has 4 heteroatoms. The van der Waals surface area contributed by atoms with Gasteiger partial charge in [-0.15, -0.1) is 0 Å². The first-order valence-electron chi connectivity index (χ1n) is 8.23. The Kier molecular flexibility index (Phi) is 5.95. The van der Waals surface area contributed by atoms with E-state index in [1.807, 2.05) is 12.1 Å². The minimum atomic E-state index is -0.206. The van der Waals surface area contributed by atoms with Gasteiger partial charge in [0.15, 0.2) is 0 Å². The summed E-state index contributed by atoms with van der Waals surface area (Å²) in [6, 6.07) is 6.83. The van der Waals surface area contributed by atoms with Crippen LogP contribution >= 0.6 is 0 Å². The van der Waals surface area contributed by atoms with Gasteiger partial charge in [-0.1, -0.05) is 26.0 Å². The number of carbonyl (C=O) groups is 1. The largest absolute Gasteiger partial charge is 0.353 e. The van der Waals surface area contributed by atoms with Crippen LogP contribution in [-0.2, 0) is 11.3 Å². The highest BCUT2D eigenvalue weighted by atomic mass is 19.1. The van der Waals surface area contributed by atoms with Crippen molar-refractivity contribution in [3.05, 3.63) is 35.6 Å². The van der Waals surface area contributed by atoms with E-state index < -0.39 is 0 Å². The molecule has 1 aromatic carbocycles. The number of rotatable bonds is 5. The van der Waals surface area contributed by atoms with Gasteiger partial charge in [0.1, 0.15) is 5.82 Å². The van der Waals surface area contributed by atoms with Crippen LogP contribution in [0.3, 0.4) is 0 Å². The van der Waals surface area contributed by atoms with Crippen LogP contribution in [-0.4, -0.2) is 29.9 Å². The second kappa shape index (κ2) is 7.73. The Morgan fingerprint density at radius 3 is 2.64 bits per heavy atom. The third kappa shape index (κ3) is 4.80. The average Bonchev–Trinajstić information content (AvgIpc) is 2.49. The Morgan fingerprint density at radius 2 is 2.00 bits per heavy atom. The molecule has 2 atom stereocenters. The van der Waals surface area contributed by atoms with Gasteiger partial charge in [-0.3, -0.25) is 9.69 Å². The zero-order chi connectivity index (χ0) is 16.1. The SMILES string of the molecule is CC(C)[C@H](C)NC(=O)[C@@H]1CCCN(Cc2ccc(F)cc2)C1. The Balaban J connectivity index is 1.88. The molecular formula is C18H27FN2O. The predicted molar refractivity (Wildman–Crippen MR) is 86.8 cm³/mol. The van der Waals surface area contributed by atoms with Crippen molar-refractivity contribution < 1.29 is 9.18 Å². The summed E-state index contributed by atoms with van der Waals surface area (Å²) in [6.45, 7) is 8.86. The molecule has 1 amide bonds. The fraction of sp³-hybridized carbons (Fsp3) is 0.611. The van der Waals surface area contributed by atoms with Gasteiger partial charge in [-0.25, -0.2) is 4.39 Å². The predicted octanol–water partition coefficient (Wildman–Crippen LogP) is 3.20. The Morgan fingerprint density at radius 1 is 1.32 bits per heavy atom. The lowest BCUT2D eigenvalue weighted by atomic mass is 9.95. The van der Waals surface area contributed by atoms with Gasteiger partial charge in [-0.05, 0) is 49.9 Å². The smallest absolute Gasteiger partial charge is 0.224 e. The first-order chi connectivity index (χ1) is 10.5. The minimum absolute atomic E-state index is 0.0652. The molecule has 0 saturated carbocycles. The number of carbonyl (C=O) groups excluding carboxylic acids is 1. The zero-order valence-corrected chi connectivity index (χ0v) is 13.8. The van der Waals surface area contributed by atoms with Crippen molar-refractivity contribution in [1.82, 2.24) is 10.2 Å². The highest BCUT2D eigenvalue weighted by Gasteiger charge is 2.26. The van der Waals surface area contributed by atoms with E-state index in [1.165, 1.54) is 12.1 Å². The third-order valence-corrected chi connectivity index (χ3v) is 4.57. The molecule has 1 aliphatic rings. The maximum atomic E-state index is 13.0. The van der Waals surface area contributed by atoms with Crippen LogP contribution in [0.1, 0.15) is 39.2 Å². The summed E-state index contributed by atoms with van der Waals surface area (Å²) in [5.41, 5.74) is 1.10. The summed E-state index contributed by atoms with van der Waals surface area (Å²) < 4.78 is 13.0. The fourth-order valence-electron chi connectivity index (χ4n) is 2.77. The molecule has 1 aromatic rings. The molecular weight excluding hydrogens is 279 g/mol. The molecule has 0 radical (unpaired) electrons. The van der Waals surface area contributed by atoms with E-state index in [1.54, 1.807) is 0 Å². The summed E-state index contributed by atoms with van der Waals surface area (Å²) in [7, 11) is 0. The number of hydrogen-bond acceptors (Lipinski definition) is 2. The number of amides is 1. The van der Waals surface area contributed by atoms with Crippen molar-refractivity contribution >= 4 is 5.91 Å². The summed E-state index contributed by atoms with van der Waals surface area (Å²) >= 11 is 0. The molecule has 0 bridgehead atoms. The molecule has 1 aliphatic heterocycles. The molecule has 3 nitrogen and oxygen atoms in total.